The van der Waals surface area contributed by atoms with Gasteiger partial charge in [0, 0.05) is 5.69 Å². The van der Waals surface area contributed by atoms with Crippen LogP contribution in [0, 0.1) is 13.8 Å². The van der Waals surface area contributed by atoms with Crippen molar-refractivity contribution in [2.75, 3.05) is 11.9 Å². The molecule has 0 unspecified atom stereocenters. The molecular weight excluding hydrogens is 318 g/mol. The van der Waals surface area contributed by atoms with Crippen molar-refractivity contribution in [3.8, 4) is 5.75 Å². The lowest BCUT2D eigenvalue weighted by molar-refractivity contribution is -0.118. The molecule has 0 saturated carbocycles. The average Bonchev–Trinajstić information content (AvgIpc) is 2.46. The number of aromatic carboxylic acids is 1. The third-order valence-electron chi connectivity index (χ3n) is 3.05. The summed E-state index contributed by atoms with van der Waals surface area (Å²) in [6, 6.07) is 9.94. The van der Waals surface area contributed by atoms with Gasteiger partial charge in [-0.25, -0.2) is 4.79 Å². The number of anilines is 1. The minimum atomic E-state index is -1.16. The van der Waals surface area contributed by atoms with E-state index in [9.17, 15) is 9.59 Å². The standard InChI is InChI=1S/C17H16ClNO4/c1-10-5-11(2)7-13(6-10)23-9-16(20)19-12-3-4-15(18)14(8-12)17(21)22/h3-8H,9H2,1-2H3,(H,19,20)(H,21,22). The molecular formula is C17H16ClNO4. The Kier molecular flexibility index (Phi) is 5.24. The van der Waals surface area contributed by atoms with Crippen LogP contribution in [0.3, 0.4) is 0 Å². The Balaban J connectivity index is 1.99. The van der Waals surface area contributed by atoms with Crippen molar-refractivity contribution in [3.63, 3.8) is 0 Å². The second-order valence-corrected chi connectivity index (χ2v) is 5.57. The minimum Gasteiger partial charge on any atom is -0.484 e. The lowest BCUT2D eigenvalue weighted by Gasteiger charge is -2.10. The van der Waals surface area contributed by atoms with Crippen LogP contribution in [0.5, 0.6) is 5.75 Å². The number of hydrogen-bond donors (Lipinski definition) is 2. The van der Waals surface area contributed by atoms with Gasteiger partial charge < -0.3 is 15.2 Å². The predicted octanol–water partition coefficient (Wildman–Crippen LogP) is 3.67. The maximum atomic E-state index is 11.9. The van der Waals surface area contributed by atoms with Gasteiger partial charge in [0.15, 0.2) is 6.61 Å². The summed E-state index contributed by atoms with van der Waals surface area (Å²) in [6.45, 7) is 3.72. The van der Waals surface area contributed by atoms with Crippen molar-refractivity contribution >= 4 is 29.2 Å². The SMILES string of the molecule is Cc1cc(C)cc(OCC(=O)Nc2ccc(Cl)c(C(=O)O)c2)c1. The normalized spacial score (nSPS) is 10.2. The summed E-state index contributed by atoms with van der Waals surface area (Å²) >= 11 is 5.78. The Bertz CT molecular complexity index is 738. The van der Waals surface area contributed by atoms with Crippen LogP contribution >= 0.6 is 11.6 Å². The Hall–Kier alpha value is -2.53. The lowest BCUT2D eigenvalue weighted by Crippen LogP contribution is -2.20. The van der Waals surface area contributed by atoms with Gasteiger partial charge in [0.05, 0.1) is 10.6 Å². The zero-order valence-corrected chi connectivity index (χ0v) is 13.5. The number of carbonyl (C=O) groups excluding carboxylic acids is 1. The average molecular weight is 334 g/mol. The molecule has 0 saturated heterocycles. The van der Waals surface area contributed by atoms with Crippen molar-refractivity contribution in [2.45, 2.75) is 13.8 Å². The smallest absolute Gasteiger partial charge is 0.337 e. The number of hydrogen-bond acceptors (Lipinski definition) is 3. The van der Waals surface area contributed by atoms with Crippen LogP contribution in [-0.2, 0) is 4.79 Å². The van der Waals surface area contributed by atoms with Gasteiger partial charge in [-0.3, -0.25) is 4.79 Å². The number of ether oxygens (including phenoxy) is 1. The number of carboxylic acid groups (broad SMARTS) is 1. The number of carbonyl (C=O) groups is 2. The third-order valence-corrected chi connectivity index (χ3v) is 3.38. The largest absolute Gasteiger partial charge is 0.484 e. The summed E-state index contributed by atoms with van der Waals surface area (Å²) in [4.78, 5) is 22.9. The Morgan fingerprint density at radius 2 is 1.78 bits per heavy atom. The molecule has 2 rings (SSSR count). The van der Waals surface area contributed by atoms with Gasteiger partial charge >= 0.3 is 5.97 Å². The number of amides is 1. The van der Waals surface area contributed by atoms with Crippen LogP contribution in [0.2, 0.25) is 5.02 Å². The molecule has 0 fully saturated rings. The summed E-state index contributed by atoms with van der Waals surface area (Å²) in [6.07, 6.45) is 0. The minimum absolute atomic E-state index is 0.0697. The van der Waals surface area contributed by atoms with Gasteiger partial charge in [-0.1, -0.05) is 17.7 Å². The van der Waals surface area contributed by atoms with Crippen molar-refractivity contribution in [1.29, 1.82) is 0 Å². The lowest BCUT2D eigenvalue weighted by atomic mass is 10.1. The molecule has 0 atom stereocenters. The van der Waals surface area contributed by atoms with E-state index in [-0.39, 0.29) is 23.1 Å². The molecule has 2 aromatic carbocycles. The topological polar surface area (TPSA) is 75.6 Å². The van der Waals surface area contributed by atoms with Crippen LogP contribution < -0.4 is 10.1 Å². The van der Waals surface area contributed by atoms with Gasteiger partial charge in [0.2, 0.25) is 0 Å². The van der Waals surface area contributed by atoms with Gasteiger partial charge in [-0.05, 0) is 55.3 Å². The first-order valence-electron chi connectivity index (χ1n) is 6.89. The van der Waals surface area contributed by atoms with E-state index >= 15 is 0 Å². The zero-order valence-electron chi connectivity index (χ0n) is 12.7. The predicted molar refractivity (Wildman–Crippen MR) is 88.5 cm³/mol. The van der Waals surface area contributed by atoms with E-state index in [4.69, 9.17) is 21.4 Å². The molecule has 0 aliphatic heterocycles. The molecule has 23 heavy (non-hydrogen) atoms. The molecule has 2 N–H and O–H groups in total. The highest BCUT2D eigenvalue weighted by molar-refractivity contribution is 6.33. The van der Waals surface area contributed by atoms with E-state index in [2.05, 4.69) is 5.32 Å². The highest BCUT2D eigenvalue weighted by atomic mass is 35.5. The van der Waals surface area contributed by atoms with Gasteiger partial charge in [-0.15, -0.1) is 0 Å². The summed E-state index contributed by atoms with van der Waals surface area (Å²) < 4.78 is 5.45. The number of carboxylic acids is 1. The zero-order chi connectivity index (χ0) is 17.0. The highest BCUT2D eigenvalue weighted by Crippen LogP contribution is 2.21. The van der Waals surface area contributed by atoms with Crippen LogP contribution in [0.4, 0.5) is 5.69 Å². The molecule has 0 heterocycles. The maximum absolute atomic E-state index is 11.9. The third kappa shape index (κ3) is 4.72. The number of benzene rings is 2. The number of aryl methyl sites for hydroxylation is 2. The first-order valence-corrected chi connectivity index (χ1v) is 7.27. The van der Waals surface area contributed by atoms with E-state index in [0.717, 1.165) is 11.1 Å². The van der Waals surface area contributed by atoms with Crippen molar-refractivity contribution in [1.82, 2.24) is 0 Å². The molecule has 0 aliphatic rings. The van der Waals surface area contributed by atoms with Crippen LogP contribution in [0.15, 0.2) is 36.4 Å². The Morgan fingerprint density at radius 3 is 2.39 bits per heavy atom. The van der Waals surface area contributed by atoms with Gasteiger partial charge in [0.25, 0.3) is 5.91 Å². The molecule has 0 aromatic heterocycles. The van der Waals surface area contributed by atoms with E-state index in [1.54, 1.807) is 0 Å². The Labute approximate surface area is 138 Å². The number of rotatable bonds is 5. The summed E-state index contributed by atoms with van der Waals surface area (Å²) in [7, 11) is 0. The van der Waals surface area contributed by atoms with E-state index in [1.165, 1.54) is 18.2 Å². The second kappa shape index (κ2) is 7.15. The fourth-order valence-electron chi connectivity index (χ4n) is 2.13. The molecule has 0 spiro atoms. The fourth-order valence-corrected chi connectivity index (χ4v) is 2.33. The van der Waals surface area contributed by atoms with Crippen LogP contribution in [0.1, 0.15) is 21.5 Å². The monoisotopic (exact) mass is 333 g/mol. The van der Waals surface area contributed by atoms with Gasteiger partial charge in [0.1, 0.15) is 5.75 Å². The molecule has 0 aliphatic carbocycles. The molecule has 0 radical (unpaired) electrons. The van der Waals surface area contributed by atoms with Crippen molar-refractivity contribution < 1.29 is 19.4 Å². The second-order valence-electron chi connectivity index (χ2n) is 5.16. The summed E-state index contributed by atoms with van der Waals surface area (Å²) in [5.74, 6) is -0.930. The maximum Gasteiger partial charge on any atom is 0.337 e. The summed E-state index contributed by atoms with van der Waals surface area (Å²) in [5.41, 5.74) is 2.37. The van der Waals surface area contributed by atoms with E-state index in [0.29, 0.717) is 11.4 Å². The highest BCUT2D eigenvalue weighted by Gasteiger charge is 2.11. The van der Waals surface area contributed by atoms with Crippen molar-refractivity contribution in [3.05, 3.63) is 58.1 Å². The van der Waals surface area contributed by atoms with E-state index < -0.39 is 5.97 Å². The van der Waals surface area contributed by atoms with Crippen LogP contribution in [0.25, 0.3) is 0 Å². The fraction of sp³-hybridized carbons (Fsp3) is 0.176. The molecule has 2 aromatic rings. The molecule has 1 amide bonds. The quantitative estimate of drug-likeness (QED) is 0.875. The first kappa shape index (κ1) is 16.8. The van der Waals surface area contributed by atoms with E-state index in [1.807, 2.05) is 32.0 Å². The van der Waals surface area contributed by atoms with Crippen molar-refractivity contribution in [2.24, 2.45) is 0 Å². The van der Waals surface area contributed by atoms with Crippen LogP contribution in [-0.4, -0.2) is 23.6 Å². The first-order chi connectivity index (χ1) is 10.8. The summed E-state index contributed by atoms with van der Waals surface area (Å²) in [5, 5.41) is 11.7. The number of nitrogens with one attached hydrogen (secondary N) is 1. The number of halogens is 1. The Morgan fingerprint density at radius 1 is 1.13 bits per heavy atom. The molecule has 5 nitrogen and oxygen atoms in total. The molecule has 0 bridgehead atoms. The molecule has 6 heteroatoms. The molecule has 120 valence electrons. The van der Waals surface area contributed by atoms with Gasteiger partial charge in [-0.2, -0.15) is 0 Å².